The second-order valence-corrected chi connectivity index (χ2v) is 9.59. The Balaban J connectivity index is 1.46. The Morgan fingerprint density at radius 3 is 2.25 bits per heavy atom. The molecule has 0 bridgehead atoms. The van der Waals surface area contributed by atoms with E-state index in [-0.39, 0.29) is 31.9 Å². The van der Waals surface area contributed by atoms with Crippen LogP contribution in [0.2, 0.25) is 0 Å². The first-order valence-corrected chi connectivity index (χ1v) is 12.8. The molecule has 0 spiro atoms. The highest BCUT2D eigenvalue weighted by Crippen LogP contribution is 2.52. The summed E-state index contributed by atoms with van der Waals surface area (Å²) in [4.78, 5) is 19.6. The second-order valence-electron chi connectivity index (χ2n) is 9.59. The van der Waals surface area contributed by atoms with Gasteiger partial charge < -0.3 is 38.0 Å². The van der Waals surface area contributed by atoms with Crippen LogP contribution in [0, 0.1) is 11.8 Å². The van der Waals surface area contributed by atoms with E-state index in [1.165, 1.54) is 0 Å². The zero-order chi connectivity index (χ0) is 27.8. The zero-order valence-corrected chi connectivity index (χ0v) is 22.6. The van der Waals surface area contributed by atoms with Gasteiger partial charge in [-0.2, -0.15) is 0 Å². The van der Waals surface area contributed by atoms with Crippen LogP contribution >= 0.6 is 0 Å². The Morgan fingerprint density at radius 1 is 0.900 bits per heavy atom. The van der Waals surface area contributed by atoms with Crippen LogP contribution in [0.15, 0.2) is 53.7 Å². The van der Waals surface area contributed by atoms with Gasteiger partial charge in [0.15, 0.2) is 23.0 Å². The summed E-state index contributed by atoms with van der Waals surface area (Å²) >= 11 is 0. The van der Waals surface area contributed by atoms with Crippen molar-refractivity contribution >= 4 is 11.7 Å². The van der Waals surface area contributed by atoms with Gasteiger partial charge in [-0.3, -0.25) is 4.79 Å². The molecule has 0 amide bonds. The van der Waals surface area contributed by atoms with Crippen molar-refractivity contribution < 1.29 is 42.8 Å². The largest absolute Gasteiger partial charge is 0.497 e. The van der Waals surface area contributed by atoms with E-state index < -0.39 is 11.8 Å². The normalized spacial score (nSPS) is 20.0. The predicted octanol–water partition coefficient (Wildman–Crippen LogP) is 4.31. The summed E-state index contributed by atoms with van der Waals surface area (Å²) < 4.78 is 39.4. The molecule has 1 aliphatic carbocycles. The van der Waals surface area contributed by atoms with Crippen molar-refractivity contribution in [1.82, 2.24) is 0 Å². The van der Waals surface area contributed by atoms with E-state index in [0.717, 1.165) is 28.0 Å². The lowest BCUT2D eigenvalue weighted by Crippen LogP contribution is -2.41. The average Bonchev–Trinajstić information content (AvgIpc) is 3.67. The fraction of sp³-hybridized carbons (Fsp3) is 0.333. The molecular formula is C30H29NO9. The molecular weight excluding hydrogens is 518 g/mol. The highest BCUT2D eigenvalue weighted by Gasteiger charge is 2.50. The van der Waals surface area contributed by atoms with Crippen LogP contribution in [0.5, 0.6) is 34.5 Å². The second kappa shape index (κ2) is 10.5. The van der Waals surface area contributed by atoms with E-state index in [9.17, 15) is 4.79 Å². The fourth-order valence-electron chi connectivity index (χ4n) is 5.66. The Hall–Kier alpha value is -4.60. The van der Waals surface area contributed by atoms with Gasteiger partial charge in [0, 0.05) is 11.5 Å². The minimum absolute atomic E-state index is 0.106. The highest BCUT2D eigenvalue weighted by atomic mass is 16.7. The summed E-state index contributed by atoms with van der Waals surface area (Å²) in [6.07, 6.45) is 0. The minimum Gasteiger partial charge on any atom is -0.497 e. The lowest BCUT2D eigenvalue weighted by Gasteiger charge is -2.36. The van der Waals surface area contributed by atoms with E-state index >= 15 is 0 Å². The third-order valence-corrected chi connectivity index (χ3v) is 7.58. The lowest BCUT2D eigenvalue weighted by molar-refractivity contribution is -0.152. The molecule has 3 atom stereocenters. The van der Waals surface area contributed by atoms with Crippen LogP contribution in [-0.2, 0) is 21.0 Å². The van der Waals surface area contributed by atoms with Gasteiger partial charge in [0.2, 0.25) is 12.5 Å². The first-order chi connectivity index (χ1) is 19.6. The average molecular weight is 548 g/mol. The molecule has 0 fully saturated rings. The Labute approximate surface area is 231 Å². The van der Waals surface area contributed by atoms with Crippen molar-refractivity contribution in [3.8, 4) is 34.5 Å². The first kappa shape index (κ1) is 25.7. The molecule has 0 unspecified atom stereocenters. The van der Waals surface area contributed by atoms with E-state index in [2.05, 4.69) is 5.16 Å². The number of ether oxygens (including phenoxy) is 7. The molecule has 208 valence electrons. The maximum atomic E-state index is 14.0. The summed E-state index contributed by atoms with van der Waals surface area (Å²) in [6, 6.07) is 14.9. The van der Waals surface area contributed by atoms with Gasteiger partial charge in [0.1, 0.15) is 19.0 Å². The van der Waals surface area contributed by atoms with Crippen molar-refractivity contribution in [2.45, 2.75) is 12.5 Å². The molecule has 0 radical (unpaired) electrons. The summed E-state index contributed by atoms with van der Waals surface area (Å²) in [5.41, 5.74) is 3.99. The molecule has 0 saturated carbocycles. The molecule has 3 aromatic rings. The molecule has 10 heteroatoms. The molecule has 3 aliphatic rings. The van der Waals surface area contributed by atoms with Gasteiger partial charge in [-0.1, -0.05) is 17.3 Å². The number of hydrogen-bond acceptors (Lipinski definition) is 10. The SMILES string of the molecule is COc1ccc(COC(=O)[C@@H]2[C@H](c3cc(OC)c(OC)c(OC)c3)c3cc4c(cc3C3=NOC[C@H]32)OCO4)cc1. The Morgan fingerprint density at radius 2 is 1.60 bits per heavy atom. The van der Waals surface area contributed by atoms with Crippen LogP contribution in [0.25, 0.3) is 0 Å². The smallest absolute Gasteiger partial charge is 0.311 e. The summed E-state index contributed by atoms with van der Waals surface area (Å²) in [5.74, 6) is 1.52. The maximum absolute atomic E-state index is 14.0. The van der Waals surface area contributed by atoms with E-state index in [1.54, 1.807) is 28.4 Å². The summed E-state index contributed by atoms with van der Waals surface area (Å²) in [5, 5.41) is 4.35. The highest BCUT2D eigenvalue weighted by molar-refractivity contribution is 6.08. The van der Waals surface area contributed by atoms with E-state index in [1.807, 2.05) is 48.5 Å². The van der Waals surface area contributed by atoms with E-state index in [0.29, 0.717) is 34.5 Å². The predicted molar refractivity (Wildman–Crippen MR) is 143 cm³/mol. The maximum Gasteiger partial charge on any atom is 0.311 e. The monoisotopic (exact) mass is 547 g/mol. The number of fused-ring (bicyclic) bond motifs is 4. The van der Waals surface area contributed by atoms with E-state index in [4.69, 9.17) is 38.0 Å². The Bertz CT molecular complexity index is 1440. The van der Waals surface area contributed by atoms with Gasteiger partial charge in [-0.15, -0.1) is 0 Å². The molecule has 6 rings (SSSR count). The number of oxime groups is 1. The number of benzene rings is 3. The van der Waals surface area contributed by atoms with Crippen LogP contribution < -0.4 is 28.4 Å². The summed E-state index contributed by atoms with van der Waals surface area (Å²) in [6.45, 7) is 0.467. The molecule has 0 saturated heterocycles. The molecule has 0 N–H and O–H groups in total. The number of rotatable bonds is 8. The standard InChI is InChI=1S/C30H29NO9/c1-33-18-7-5-16(6-8-18)13-37-30(32)27-21-14-40-31-28(21)20-12-23-22(38-15-39-23)11-19(20)26(27)17-9-24(34-2)29(36-4)25(10-17)35-3/h5-12,21,26-27H,13-15H2,1-4H3/t21-,26+,27-/m0/s1. The third kappa shape index (κ3) is 4.29. The molecule has 2 aliphatic heterocycles. The number of esters is 1. The molecule has 0 aromatic heterocycles. The summed E-state index contributed by atoms with van der Waals surface area (Å²) in [7, 11) is 6.28. The van der Waals surface area contributed by atoms with Crippen molar-refractivity contribution in [1.29, 1.82) is 0 Å². The number of nitrogens with zero attached hydrogens (tertiary/aromatic N) is 1. The minimum atomic E-state index is -0.657. The van der Waals surface area contributed by atoms with Gasteiger partial charge >= 0.3 is 5.97 Å². The zero-order valence-electron chi connectivity index (χ0n) is 22.6. The first-order valence-electron chi connectivity index (χ1n) is 12.8. The third-order valence-electron chi connectivity index (χ3n) is 7.58. The molecule has 40 heavy (non-hydrogen) atoms. The molecule has 2 heterocycles. The topological polar surface area (TPSA) is 103 Å². The number of methoxy groups -OCH3 is 4. The molecule has 10 nitrogen and oxygen atoms in total. The van der Waals surface area contributed by atoms with Gasteiger partial charge in [0.25, 0.3) is 0 Å². The van der Waals surface area contributed by atoms with Crippen molar-refractivity contribution in [3.05, 3.63) is 70.8 Å². The van der Waals surface area contributed by atoms with Gasteiger partial charge in [-0.05, 0) is 53.1 Å². The number of carbonyl (C=O) groups is 1. The van der Waals surface area contributed by atoms with Crippen molar-refractivity contribution in [2.75, 3.05) is 41.8 Å². The van der Waals surface area contributed by atoms with Crippen molar-refractivity contribution in [2.24, 2.45) is 17.0 Å². The number of hydrogen-bond donors (Lipinski definition) is 0. The van der Waals surface area contributed by atoms with Crippen LogP contribution in [0.4, 0.5) is 0 Å². The lowest BCUT2D eigenvalue weighted by atomic mass is 9.65. The van der Waals surface area contributed by atoms with Crippen molar-refractivity contribution in [3.63, 3.8) is 0 Å². The van der Waals surface area contributed by atoms with Gasteiger partial charge in [-0.25, -0.2) is 0 Å². The van der Waals surface area contributed by atoms with Crippen LogP contribution in [-0.4, -0.2) is 53.5 Å². The Kier molecular flexibility index (Phi) is 6.75. The van der Waals surface area contributed by atoms with Crippen LogP contribution in [0.1, 0.15) is 28.2 Å². The fourth-order valence-corrected chi connectivity index (χ4v) is 5.66. The molecule has 3 aromatic carbocycles. The quantitative estimate of drug-likeness (QED) is 0.382. The van der Waals surface area contributed by atoms with Crippen LogP contribution in [0.3, 0.4) is 0 Å². The van der Waals surface area contributed by atoms with Gasteiger partial charge in [0.05, 0.1) is 46.0 Å². The number of carbonyl (C=O) groups excluding carboxylic acids is 1.